The molecule has 0 atom stereocenters. The predicted octanol–water partition coefficient (Wildman–Crippen LogP) is 0.738. The predicted molar refractivity (Wildman–Crippen MR) is 62.0 cm³/mol. The van der Waals surface area contributed by atoms with Crippen molar-refractivity contribution >= 4 is 10.5 Å². The Morgan fingerprint density at radius 2 is 1.77 bits per heavy atom. The molecule has 0 bridgehead atoms. The Kier molecular flexibility index (Phi) is 9.42. The topological polar surface area (TPSA) is 12.5 Å². The molecule has 0 saturated carbocycles. The molecule has 0 aromatic heterocycles. The second-order valence-electron chi connectivity index (χ2n) is 3.04. The van der Waals surface area contributed by atoms with Gasteiger partial charge in [-0.1, -0.05) is 12.2 Å². The molecule has 0 fully saturated rings. The molecule has 0 heterocycles. The van der Waals surface area contributed by atoms with Crippen molar-refractivity contribution in [2.24, 2.45) is 0 Å². The molecule has 2 nitrogen and oxygen atoms in total. The van der Waals surface area contributed by atoms with Gasteiger partial charge in [-0.3, -0.25) is 4.90 Å². The van der Waals surface area contributed by atoms with E-state index in [-0.39, 0.29) is 0 Å². The first-order valence-corrected chi connectivity index (χ1v) is 5.60. The van der Waals surface area contributed by atoms with E-state index < -0.39 is 0 Å². The summed E-state index contributed by atoms with van der Waals surface area (Å²) in [5.74, 6) is 0. The summed E-state index contributed by atoms with van der Waals surface area (Å²) < 4.78 is 5.12. The molecule has 3 heteroatoms. The second kappa shape index (κ2) is 9.70. The highest BCUT2D eigenvalue weighted by Gasteiger charge is 1.98. The molecular formula is C10H21NOSi. The summed E-state index contributed by atoms with van der Waals surface area (Å²) in [5, 5.41) is 0. The van der Waals surface area contributed by atoms with Crippen LogP contribution in [0.4, 0.5) is 0 Å². The van der Waals surface area contributed by atoms with Crippen LogP contribution in [0.15, 0.2) is 25.3 Å². The van der Waals surface area contributed by atoms with Crippen molar-refractivity contribution in [2.75, 3.05) is 26.2 Å². The van der Waals surface area contributed by atoms with Crippen molar-refractivity contribution in [1.29, 1.82) is 0 Å². The quantitative estimate of drug-likeness (QED) is 0.308. The monoisotopic (exact) mass is 199 g/mol. The standard InChI is InChI=1S/C10H21NOSi/c1-3-7-11(8-4-2)9-5-6-10-12-13/h3-4H,1-2,5-10H2,13H3. The lowest BCUT2D eigenvalue weighted by Crippen LogP contribution is -2.25. The van der Waals surface area contributed by atoms with Crippen molar-refractivity contribution in [3.05, 3.63) is 25.3 Å². The van der Waals surface area contributed by atoms with Crippen LogP contribution in [-0.2, 0) is 4.43 Å². The average molecular weight is 199 g/mol. The third kappa shape index (κ3) is 7.96. The molecule has 0 aliphatic carbocycles. The Morgan fingerprint density at radius 3 is 2.23 bits per heavy atom. The van der Waals surface area contributed by atoms with Gasteiger partial charge in [0.2, 0.25) is 0 Å². The number of rotatable bonds is 9. The highest BCUT2D eigenvalue weighted by molar-refractivity contribution is 5.97. The summed E-state index contributed by atoms with van der Waals surface area (Å²) >= 11 is 0. The molecule has 0 amide bonds. The molecule has 76 valence electrons. The molecule has 0 saturated heterocycles. The Balaban J connectivity index is 3.43. The fraction of sp³-hybridized carbons (Fsp3) is 0.600. The highest BCUT2D eigenvalue weighted by atomic mass is 28.2. The maximum atomic E-state index is 5.12. The van der Waals surface area contributed by atoms with Gasteiger partial charge >= 0.3 is 0 Å². The van der Waals surface area contributed by atoms with Crippen LogP contribution in [0, 0.1) is 0 Å². The normalized spacial score (nSPS) is 10.5. The van der Waals surface area contributed by atoms with Gasteiger partial charge in [0, 0.05) is 19.7 Å². The smallest absolute Gasteiger partial charge is 0.145 e. The summed E-state index contributed by atoms with van der Waals surface area (Å²) in [5.41, 5.74) is 0. The number of hydrogen-bond acceptors (Lipinski definition) is 2. The molecule has 0 rings (SSSR count). The summed E-state index contributed by atoms with van der Waals surface area (Å²) in [6.45, 7) is 11.4. The largest absolute Gasteiger partial charge is 0.428 e. The molecule has 0 spiro atoms. The van der Waals surface area contributed by atoms with Crippen LogP contribution < -0.4 is 0 Å². The van der Waals surface area contributed by atoms with E-state index in [1.165, 1.54) is 6.42 Å². The Hall–Kier alpha value is -0.383. The van der Waals surface area contributed by atoms with E-state index in [0.29, 0.717) is 0 Å². The minimum Gasteiger partial charge on any atom is -0.428 e. The summed E-state index contributed by atoms with van der Waals surface area (Å²) in [4.78, 5) is 2.33. The van der Waals surface area contributed by atoms with E-state index in [4.69, 9.17) is 4.43 Å². The molecule has 0 aromatic rings. The van der Waals surface area contributed by atoms with E-state index in [9.17, 15) is 0 Å². The van der Waals surface area contributed by atoms with E-state index in [1.807, 2.05) is 12.2 Å². The van der Waals surface area contributed by atoms with E-state index in [1.54, 1.807) is 0 Å². The lowest BCUT2D eigenvalue weighted by atomic mass is 10.3. The van der Waals surface area contributed by atoms with Crippen LogP contribution in [0.25, 0.3) is 0 Å². The first-order chi connectivity index (χ1) is 6.35. The minimum absolute atomic E-state index is 0.859. The Labute approximate surface area is 84.8 Å². The van der Waals surface area contributed by atoms with Crippen molar-refractivity contribution in [2.45, 2.75) is 12.8 Å². The third-order valence-corrected chi connectivity index (χ3v) is 2.26. The first kappa shape index (κ1) is 12.6. The molecule has 0 aromatic carbocycles. The molecule has 0 unspecified atom stereocenters. The second-order valence-corrected chi connectivity index (χ2v) is 3.61. The fourth-order valence-corrected chi connectivity index (χ4v) is 1.49. The first-order valence-electron chi connectivity index (χ1n) is 4.78. The van der Waals surface area contributed by atoms with Gasteiger partial charge in [0.1, 0.15) is 10.5 Å². The number of nitrogens with zero attached hydrogens (tertiary/aromatic N) is 1. The zero-order chi connectivity index (χ0) is 9.94. The molecule has 0 N–H and O–H groups in total. The van der Waals surface area contributed by atoms with Gasteiger partial charge in [0.15, 0.2) is 0 Å². The van der Waals surface area contributed by atoms with Crippen molar-refractivity contribution in [1.82, 2.24) is 4.90 Å². The van der Waals surface area contributed by atoms with Gasteiger partial charge in [-0.15, -0.1) is 13.2 Å². The maximum absolute atomic E-state index is 5.12. The zero-order valence-corrected chi connectivity index (χ0v) is 10.7. The van der Waals surface area contributed by atoms with E-state index in [0.717, 1.165) is 43.1 Å². The van der Waals surface area contributed by atoms with Gasteiger partial charge in [-0.2, -0.15) is 0 Å². The zero-order valence-electron chi connectivity index (χ0n) is 8.67. The van der Waals surface area contributed by atoms with Crippen LogP contribution in [0.3, 0.4) is 0 Å². The summed E-state index contributed by atoms with van der Waals surface area (Å²) in [7, 11) is 0.859. The van der Waals surface area contributed by atoms with Crippen molar-refractivity contribution in [3.63, 3.8) is 0 Å². The summed E-state index contributed by atoms with van der Waals surface area (Å²) in [6, 6.07) is 0. The van der Waals surface area contributed by atoms with Crippen LogP contribution in [-0.4, -0.2) is 41.6 Å². The Morgan fingerprint density at radius 1 is 1.15 bits per heavy atom. The SMILES string of the molecule is C=CCN(CC=C)CCCCO[SiH3]. The van der Waals surface area contributed by atoms with Crippen LogP contribution in [0.1, 0.15) is 12.8 Å². The van der Waals surface area contributed by atoms with Crippen LogP contribution in [0.5, 0.6) is 0 Å². The maximum Gasteiger partial charge on any atom is 0.145 e. The molecular weight excluding hydrogens is 178 g/mol. The van der Waals surface area contributed by atoms with Gasteiger partial charge in [0.05, 0.1) is 0 Å². The average Bonchev–Trinajstić information content (AvgIpc) is 2.13. The summed E-state index contributed by atoms with van der Waals surface area (Å²) in [6.07, 6.45) is 6.23. The van der Waals surface area contributed by atoms with Gasteiger partial charge < -0.3 is 4.43 Å². The van der Waals surface area contributed by atoms with Crippen LogP contribution >= 0.6 is 0 Å². The molecule has 13 heavy (non-hydrogen) atoms. The van der Waals surface area contributed by atoms with E-state index >= 15 is 0 Å². The van der Waals surface area contributed by atoms with Crippen molar-refractivity contribution in [3.8, 4) is 0 Å². The molecule has 0 radical (unpaired) electrons. The Bertz CT molecular complexity index is 129. The lowest BCUT2D eigenvalue weighted by molar-refractivity contribution is 0.292. The number of hydrogen-bond donors (Lipinski definition) is 0. The third-order valence-electron chi connectivity index (χ3n) is 1.85. The van der Waals surface area contributed by atoms with Gasteiger partial charge in [0.25, 0.3) is 0 Å². The fourth-order valence-electron chi connectivity index (χ4n) is 1.20. The highest BCUT2D eigenvalue weighted by Crippen LogP contribution is 1.96. The van der Waals surface area contributed by atoms with E-state index in [2.05, 4.69) is 18.1 Å². The molecule has 0 aliphatic rings. The van der Waals surface area contributed by atoms with Gasteiger partial charge in [-0.25, -0.2) is 0 Å². The lowest BCUT2D eigenvalue weighted by Gasteiger charge is -2.18. The molecule has 0 aliphatic heterocycles. The minimum atomic E-state index is 0.859. The van der Waals surface area contributed by atoms with Crippen LogP contribution in [0.2, 0.25) is 0 Å². The van der Waals surface area contributed by atoms with Gasteiger partial charge in [-0.05, 0) is 19.4 Å². The number of unbranched alkanes of at least 4 members (excludes halogenated alkanes) is 1. The van der Waals surface area contributed by atoms with Crippen molar-refractivity contribution < 1.29 is 4.43 Å².